The van der Waals surface area contributed by atoms with Gasteiger partial charge in [-0.25, -0.2) is 0 Å². The number of allylic oxidation sites excluding steroid dienone is 1. The van der Waals surface area contributed by atoms with E-state index in [1.54, 1.807) is 5.20 Å². The fraction of sp³-hybridized carbons (Fsp3) is 0.579. The molecule has 2 atom stereocenters. The molecule has 114 valence electrons. The highest BCUT2D eigenvalue weighted by Gasteiger charge is 2.39. The minimum Gasteiger partial charge on any atom is -0.410 e. The molecule has 0 aromatic heterocycles. The highest BCUT2D eigenvalue weighted by Crippen LogP contribution is 2.38. The first-order valence-corrected chi connectivity index (χ1v) is 11.5. The molecule has 0 spiro atoms. The van der Waals surface area contributed by atoms with E-state index in [1.165, 1.54) is 50.5 Å². The van der Waals surface area contributed by atoms with Crippen molar-refractivity contribution >= 4 is 8.32 Å². The van der Waals surface area contributed by atoms with Gasteiger partial charge < -0.3 is 4.43 Å². The third kappa shape index (κ3) is 3.67. The summed E-state index contributed by atoms with van der Waals surface area (Å²) in [5.74, 6) is 0.714. The van der Waals surface area contributed by atoms with Gasteiger partial charge >= 0.3 is 0 Å². The van der Waals surface area contributed by atoms with E-state index in [0.717, 1.165) is 0 Å². The van der Waals surface area contributed by atoms with Crippen LogP contribution in [0.15, 0.2) is 41.6 Å². The molecule has 1 heterocycles. The fourth-order valence-electron chi connectivity index (χ4n) is 3.89. The molecule has 3 rings (SSSR count). The Kier molecular flexibility index (Phi) is 4.65. The van der Waals surface area contributed by atoms with Gasteiger partial charge in [0.05, 0.1) is 6.10 Å². The SMILES string of the molecule is C[Si]1(C)O[C@@H]2CCCC[C@H]2C=C1CCCc1ccccc1. The van der Waals surface area contributed by atoms with E-state index in [-0.39, 0.29) is 0 Å². The van der Waals surface area contributed by atoms with Crippen molar-refractivity contribution in [3.63, 3.8) is 0 Å². The van der Waals surface area contributed by atoms with Crippen molar-refractivity contribution in [3.05, 3.63) is 47.2 Å². The number of hydrogen-bond donors (Lipinski definition) is 0. The van der Waals surface area contributed by atoms with Crippen molar-refractivity contribution in [1.29, 1.82) is 0 Å². The lowest BCUT2D eigenvalue weighted by atomic mass is 9.86. The van der Waals surface area contributed by atoms with Gasteiger partial charge in [0.15, 0.2) is 0 Å². The summed E-state index contributed by atoms with van der Waals surface area (Å²) in [4.78, 5) is 0. The van der Waals surface area contributed by atoms with E-state index in [2.05, 4.69) is 49.5 Å². The van der Waals surface area contributed by atoms with Gasteiger partial charge in [0.25, 0.3) is 0 Å². The van der Waals surface area contributed by atoms with E-state index in [1.807, 2.05) is 0 Å². The molecule has 21 heavy (non-hydrogen) atoms. The first-order valence-electron chi connectivity index (χ1n) is 8.58. The predicted molar refractivity (Wildman–Crippen MR) is 91.8 cm³/mol. The van der Waals surface area contributed by atoms with Gasteiger partial charge in [-0.15, -0.1) is 0 Å². The number of benzene rings is 1. The molecule has 2 heteroatoms. The molecule has 1 fully saturated rings. The highest BCUT2D eigenvalue weighted by molar-refractivity contribution is 6.78. The first kappa shape index (κ1) is 15.0. The molecule has 0 saturated heterocycles. The summed E-state index contributed by atoms with van der Waals surface area (Å²) < 4.78 is 6.56. The summed E-state index contributed by atoms with van der Waals surface area (Å²) >= 11 is 0. The Hall–Kier alpha value is -0.863. The number of hydrogen-bond acceptors (Lipinski definition) is 1. The molecule has 0 radical (unpaired) electrons. The van der Waals surface area contributed by atoms with Crippen LogP contribution in [0.2, 0.25) is 13.1 Å². The molecule has 2 aliphatic rings. The Morgan fingerprint density at radius 1 is 1.05 bits per heavy atom. The quantitative estimate of drug-likeness (QED) is 0.688. The van der Waals surface area contributed by atoms with Crippen molar-refractivity contribution in [1.82, 2.24) is 0 Å². The second kappa shape index (κ2) is 6.49. The molecule has 1 aromatic rings. The van der Waals surface area contributed by atoms with Gasteiger partial charge in [-0.1, -0.05) is 54.4 Å². The normalized spacial score (nSPS) is 27.8. The van der Waals surface area contributed by atoms with Gasteiger partial charge in [0.2, 0.25) is 8.32 Å². The molecular formula is C19H28OSi. The van der Waals surface area contributed by atoms with Crippen LogP contribution in [0.4, 0.5) is 0 Å². The zero-order valence-corrected chi connectivity index (χ0v) is 14.5. The summed E-state index contributed by atoms with van der Waals surface area (Å²) in [6, 6.07) is 10.9. The van der Waals surface area contributed by atoms with Crippen LogP contribution in [-0.2, 0) is 10.8 Å². The van der Waals surface area contributed by atoms with E-state index in [9.17, 15) is 0 Å². The van der Waals surface area contributed by atoms with Crippen LogP contribution in [0.1, 0.15) is 44.1 Å². The van der Waals surface area contributed by atoms with Crippen LogP contribution >= 0.6 is 0 Å². The Balaban J connectivity index is 1.61. The van der Waals surface area contributed by atoms with Gasteiger partial charge in [0.1, 0.15) is 0 Å². The number of aryl methyl sites for hydroxylation is 1. The Morgan fingerprint density at radius 2 is 1.81 bits per heavy atom. The molecule has 0 unspecified atom stereocenters. The number of rotatable bonds is 4. The van der Waals surface area contributed by atoms with Crippen LogP contribution in [-0.4, -0.2) is 14.4 Å². The van der Waals surface area contributed by atoms with Crippen LogP contribution in [0, 0.1) is 5.92 Å². The molecule has 1 aliphatic heterocycles. The molecule has 0 N–H and O–H groups in total. The van der Waals surface area contributed by atoms with Crippen molar-refractivity contribution < 1.29 is 4.43 Å². The van der Waals surface area contributed by atoms with Gasteiger partial charge in [-0.2, -0.15) is 0 Å². The molecule has 1 aliphatic carbocycles. The Labute approximate surface area is 130 Å². The minimum atomic E-state index is -1.61. The smallest absolute Gasteiger partial charge is 0.214 e. The Bertz CT molecular complexity index is 492. The number of fused-ring (bicyclic) bond motifs is 1. The largest absolute Gasteiger partial charge is 0.410 e. The molecule has 0 bridgehead atoms. The van der Waals surface area contributed by atoms with Crippen LogP contribution < -0.4 is 0 Å². The van der Waals surface area contributed by atoms with Crippen molar-refractivity contribution in [2.24, 2.45) is 5.92 Å². The average molecular weight is 301 g/mol. The van der Waals surface area contributed by atoms with E-state index >= 15 is 0 Å². The monoisotopic (exact) mass is 300 g/mol. The van der Waals surface area contributed by atoms with E-state index < -0.39 is 8.32 Å². The fourth-order valence-corrected chi connectivity index (χ4v) is 6.48. The Morgan fingerprint density at radius 3 is 2.62 bits per heavy atom. The summed E-state index contributed by atoms with van der Waals surface area (Å²) in [5, 5.41) is 1.67. The topological polar surface area (TPSA) is 9.23 Å². The second-order valence-electron chi connectivity index (χ2n) is 7.15. The third-order valence-electron chi connectivity index (χ3n) is 5.14. The maximum Gasteiger partial charge on any atom is 0.214 e. The lowest BCUT2D eigenvalue weighted by Crippen LogP contribution is -2.46. The van der Waals surface area contributed by atoms with E-state index in [4.69, 9.17) is 4.43 Å². The molecular weight excluding hydrogens is 272 g/mol. The van der Waals surface area contributed by atoms with Crippen molar-refractivity contribution in [3.8, 4) is 0 Å². The summed E-state index contributed by atoms with van der Waals surface area (Å²) in [7, 11) is -1.61. The zero-order valence-electron chi connectivity index (χ0n) is 13.5. The second-order valence-corrected chi connectivity index (χ2v) is 11.0. The van der Waals surface area contributed by atoms with E-state index in [0.29, 0.717) is 12.0 Å². The predicted octanol–water partition coefficient (Wildman–Crippen LogP) is 5.27. The maximum atomic E-state index is 6.56. The standard InChI is InChI=1S/C19H28OSi/c1-21(2)18(13-8-11-16-9-4-3-5-10-16)15-17-12-6-7-14-19(17)20-21/h3-5,9-10,15,17,19H,6-8,11-14H2,1-2H3/t17-,19+/m0/s1. The van der Waals surface area contributed by atoms with Gasteiger partial charge in [-0.05, 0) is 50.8 Å². The molecule has 1 aromatic carbocycles. The zero-order chi connectivity index (χ0) is 14.7. The summed E-state index contributed by atoms with van der Waals surface area (Å²) in [6.45, 7) is 4.79. The maximum absolute atomic E-state index is 6.56. The molecule has 1 saturated carbocycles. The van der Waals surface area contributed by atoms with Crippen LogP contribution in [0.25, 0.3) is 0 Å². The third-order valence-corrected chi connectivity index (χ3v) is 8.00. The first-order chi connectivity index (χ1) is 10.1. The van der Waals surface area contributed by atoms with Crippen molar-refractivity contribution in [2.45, 2.75) is 64.1 Å². The average Bonchev–Trinajstić information content (AvgIpc) is 2.48. The van der Waals surface area contributed by atoms with Crippen molar-refractivity contribution in [2.75, 3.05) is 0 Å². The van der Waals surface area contributed by atoms with Crippen LogP contribution in [0.3, 0.4) is 0 Å². The highest BCUT2D eigenvalue weighted by atomic mass is 28.4. The van der Waals surface area contributed by atoms with Gasteiger partial charge in [0, 0.05) is 5.92 Å². The van der Waals surface area contributed by atoms with Gasteiger partial charge in [-0.3, -0.25) is 0 Å². The lowest BCUT2D eigenvalue weighted by molar-refractivity contribution is 0.102. The minimum absolute atomic E-state index is 0.540. The van der Waals surface area contributed by atoms with Crippen LogP contribution in [0.5, 0.6) is 0 Å². The summed E-state index contributed by atoms with van der Waals surface area (Å²) in [6.07, 6.45) is 12.2. The lowest BCUT2D eigenvalue weighted by Gasteiger charge is -2.42. The molecule has 0 amide bonds. The molecule has 1 nitrogen and oxygen atoms in total. The summed E-state index contributed by atoms with van der Waals surface area (Å²) in [5.41, 5.74) is 1.46.